The van der Waals surface area contributed by atoms with Crippen molar-refractivity contribution in [2.24, 2.45) is 0 Å². The van der Waals surface area contributed by atoms with Gasteiger partial charge in [0.2, 0.25) is 11.5 Å². The van der Waals surface area contributed by atoms with Gasteiger partial charge < -0.3 is 35.8 Å². The van der Waals surface area contributed by atoms with Crippen molar-refractivity contribution in [1.29, 1.82) is 0 Å². The van der Waals surface area contributed by atoms with Crippen molar-refractivity contribution < 1.29 is 155 Å². The Hall–Kier alpha value is -0.327. The molecule has 18 heteroatoms. The Bertz CT molecular complexity index is 1700. The second kappa shape index (κ2) is 12.3. The van der Waals surface area contributed by atoms with Gasteiger partial charge in [-0.15, -0.1) is 0 Å². The molecule has 38 heavy (non-hydrogen) atoms. The molecule has 0 N–H and O–H groups in total. The Kier molecular flexibility index (Phi) is 10.9. The monoisotopic (exact) mass is 622 g/mol. The van der Waals surface area contributed by atoms with Gasteiger partial charge in [0.1, 0.15) is 0 Å². The first-order valence-electron chi connectivity index (χ1n) is 10.1. The Morgan fingerprint density at radius 1 is 0.684 bits per heavy atom. The van der Waals surface area contributed by atoms with Crippen LogP contribution in [0.2, 0.25) is 0 Å². The molecule has 0 radical (unpaired) electrons. The van der Waals surface area contributed by atoms with Crippen LogP contribution in [0.15, 0.2) is 30.6 Å². The number of ether oxygens (including phenoxy) is 2. The van der Waals surface area contributed by atoms with Crippen LogP contribution in [0.3, 0.4) is 0 Å². The molecule has 2 heterocycles. The maximum absolute atomic E-state index is 12.9. The molecule has 2 aromatic carbocycles. The fraction of sp³-hybridized carbons (Fsp3) is 0.300. The van der Waals surface area contributed by atoms with Gasteiger partial charge in [0, 0.05) is 22.9 Å². The molecule has 4 rings (SSSR count). The molecule has 2 aromatic heterocycles. The summed E-state index contributed by atoms with van der Waals surface area (Å²) in [6.07, 6.45) is -1.30. The summed E-state index contributed by atoms with van der Waals surface area (Å²) < 4.78 is 98.4. The average Bonchev–Trinajstić information content (AvgIpc) is 2.69. The summed E-state index contributed by atoms with van der Waals surface area (Å²) in [4.78, 5) is 25.9. The molecule has 0 fully saturated rings. The molecular weight excluding hydrogens is 607 g/mol. The molecule has 194 valence electrons. The van der Waals surface area contributed by atoms with Crippen LogP contribution < -0.4 is 132 Å². The molecule has 0 saturated carbocycles. The molecule has 0 saturated heterocycles. The summed E-state index contributed by atoms with van der Waals surface area (Å²) in [7, 11) is -10.7. The van der Waals surface area contributed by atoms with Crippen molar-refractivity contribution in [3.05, 3.63) is 33.0 Å². The number of hydrogen-bond acceptors (Lipinski definition) is 14. The number of rotatable bonds is 8. The molecule has 0 unspecified atom stereocenters. The first-order chi connectivity index (χ1) is 16.6. The largest absolute Gasteiger partial charge is 1.00 e. The molecule has 0 amide bonds. The maximum Gasteiger partial charge on any atom is 1.00 e. The predicted octanol–water partition coefficient (Wildman–Crippen LogP) is -4.25. The van der Waals surface area contributed by atoms with Crippen molar-refractivity contribution in [2.75, 3.05) is 0 Å². The summed E-state index contributed by atoms with van der Waals surface area (Å²) in [6.45, 7) is 6.17. The van der Waals surface area contributed by atoms with Gasteiger partial charge in [0.05, 0.1) is 23.0 Å². The van der Waals surface area contributed by atoms with E-state index in [1.54, 1.807) is 27.7 Å². The van der Waals surface area contributed by atoms with E-state index < -0.39 is 78.4 Å². The third kappa shape index (κ3) is 7.11. The second-order valence-electron chi connectivity index (χ2n) is 8.01. The van der Waals surface area contributed by atoms with Crippen LogP contribution in [0.1, 0.15) is 27.7 Å². The van der Waals surface area contributed by atoms with Crippen LogP contribution >= 0.6 is 0 Å². The van der Waals surface area contributed by atoms with E-state index in [-0.39, 0.29) is 124 Å². The normalized spacial score (nSPS) is 12.1. The van der Waals surface area contributed by atoms with Gasteiger partial charge in [-0.25, -0.2) is 26.4 Å². The zero-order valence-corrected chi connectivity index (χ0v) is 28.7. The van der Waals surface area contributed by atoms with E-state index in [0.717, 1.165) is 12.1 Å². The van der Waals surface area contributed by atoms with E-state index in [1.807, 2.05) is 0 Å². The van der Waals surface area contributed by atoms with E-state index >= 15 is 0 Å². The topological polar surface area (TPSA) is 212 Å². The van der Waals surface area contributed by atoms with Crippen molar-refractivity contribution in [3.8, 4) is 23.0 Å². The molecule has 0 atom stereocenters. The summed E-state index contributed by atoms with van der Waals surface area (Å²) in [5.41, 5.74) is -3.23. The minimum absolute atomic E-state index is 0. The fourth-order valence-electron chi connectivity index (χ4n) is 3.58. The first kappa shape index (κ1) is 33.9. The van der Waals surface area contributed by atoms with E-state index in [1.165, 1.54) is 0 Å². The summed E-state index contributed by atoms with van der Waals surface area (Å²) in [5, 5.41) is -0.984. The van der Waals surface area contributed by atoms with Crippen molar-refractivity contribution in [2.45, 2.75) is 39.9 Å². The Morgan fingerprint density at radius 2 is 1.00 bits per heavy atom. The van der Waals surface area contributed by atoms with Gasteiger partial charge in [0.15, 0.2) is 22.7 Å². The third-order valence-electron chi connectivity index (χ3n) is 4.57. The van der Waals surface area contributed by atoms with E-state index in [4.69, 9.17) is 18.3 Å². The molecule has 0 aliphatic heterocycles. The molecule has 0 bridgehead atoms. The van der Waals surface area contributed by atoms with Crippen molar-refractivity contribution in [1.82, 2.24) is 0 Å². The first-order valence-corrected chi connectivity index (χ1v) is 12.7. The number of hydrogen-bond donors (Lipinski definition) is 0. The minimum Gasteiger partial charge on any atom is -0.716 e. The van der Waals surface area contributed by atoms with Gasteiger partial charge in [-0.1, -0.05) is 0 Å². The summed E-state index contributed by atoms with van der Waals surface area (Å²) in [5.74, 6) is -2.42. The van der Waals surface area contributed by atoms with Crippen molar-refractivity contribution >= 4 is 53.5 Å². The zero-order chi connectivity index (χ0) is 26.7. The second-order valence-corrected chi connectivity index (χ2v) is 9.97. The van der Waals surface area contributed by atoms with Crippen LogP contribution in [0, 0.1) is 0 Å². The van der Waals surface area contributed by atoms with Gasteiger partial charge in [-0.05, 0) is 27.7 Å². The molecule has 0 aliphatic rings. The average molecular weight is 623 g/mol. The van der Waals surface area contributed by atoms with Crippen LogP contribution in [0.25, 0.3) is 32.7 Å². The van der Waals surface area contributed by atoms with Crippen LogP contribution in [-0.4, -0.2) is 38.1 Å². The standard InChI is InChI=1S/C20H18O14S2.2K/c1-7(2)29-15-11(33-35(23,24)25)5-9-13-14-10(19(21)31-17(13)15)6-12(34-36(26,27)28)16(30-8(3)4)18(14)32-20(9)22;;/h5-8H,1-4H3,(H,23,24,25)(H,26,27,28);;/q;2*+1/p-2. The Morgan fingerprint density at radius 3 is 1.26 bits per heavy atom. The number of benzene rings is 2. The SMILES string of the molecule is CC(C)Oc1c(OS(=O)(=O)[O-])cc2c(=O)oc3c(OC(C)C)c(OS(=O)(=O)[O-])cc4c(=O)oc1c2c34.[K+].[K+]. The molecular formula is C20H16K2O14S2. The predicted molar refractivity (Wildman–Crippen MR) is 119 cm³/mol. The van der Waals surface area contributed by atoms with E-state index in [9.17, 15) is 35.5 Å². The summed E-state index contributed by atoms with van der Waals surface area (Å²) >= 11 is 0. The Labute approximate surface area is 300 Å². The van der Waals surface area contributed by atoms with Gasteiger partial charge in [-0.3, -0.25) is 0 Å². The van der Waals surface area contributed by atoms with E-state index in [0.29, 0.717) is 0 Å². The van der Waals surface area contributed by atoms with E-state index in [2.05, 4.69) is 8.37 Å². The third-order valence-corrected chi connectivity index (χ3v) is 5.34. The summed E-state index contributed by atoms with van der Waals surface area (Å²) in [6, 6.07) is 1.71. The molecule has 14 nitrogen and oxygen atoms in total. The quantitative estimate of drug-likeness (QED) is 0.0599. The Balaban J connectivity index is 0.00000253. The van der Waals surface area contributed by atoms with Gasteiger partial charge >= 0.3 is 114 Å². The molecule has 4 aromatic rings. The van der Waals surface area contributed by atoms with Gasteiger partial charge in [0.25, 0.3) is 20.8 Å². The smallest absolute Gasteiger partial charge is 0.716 e. The maximum atomic E-state index is 12.9. The van der Waals surface area contributed by atoms with Crippen LogP contribution in [0.5, 0.6) is 23.0 Å². The van der Waals surface area contributed by atoms with Crippen LogP contribution in [-0.2, 0) is 20.8 Å². The minimum atomic E-state index is -5.35. The van der Waals surface area contributed by atoms with Crippen LogP contribution in [0.4, 0.5) is 0 Å². The zero-order valence-electron chi connectivity index (χ0n) is 20.8. The molecule has 0 spiro atoms. The van der Waals surface area contributed by atoms with Gasteiger partial charge in [-0.2, -0.15) is 0 Å². The molecule has 0 aliphatic carbocycles. The fourth-order valence-corrected chi connectivity index (χ4v) is 4.27. The van der Waals surface area contributed by atoms with Crippen molar-refractivity contribution in [3.63, 3.8) is 0 Å².